The zero-order valence-electron chi connectivity index (χ0n) is 17.6. The van der Waals surface area contributed by atoms with Crippen LogP contribution in [0, 0.1) is 0 Å². The van der Waals surface area contributed by atoms with Crippen LogP contribution < -0.4 is 4.80 Å². The minimum atomic E-state index is -3.51. The average Bonchev–Trinajstić information content (AvgIpc) is 3.59. The van der Waals surface area contributed by atoms with E-state index < -0.39 is 10.0 Å². The third-order valence-electron chi connectivity index (χ3n) is 5.65. The lowest BCUT2D eigenvalue weighted by molar-refractivity contribution is 0.0730. The maximum Gasteiger partial charge on any atom is 0.243 e. The molecule has 4 heterocycles. The molecule has 2 aliphatic rings. The highest BCUT2D eigenvalue weighted by Crippen LogP contribution is 2.27. The molecule has 5 rings (SSSR count). The number of hydrogen-bond donors (Lipinski definition) is 0. The highest BCUT2D eigenvalue weighted by atomic mass is 32.2. The van der Waals surface area contributed by atoms with Crippen LogP contribution in [0.4, 0.5) is 5.69 Å². The van der Waals surface area contributed by atoms with Gasteiger partial charge in [-0.3, -0.25) is 0 Å². The van der Waals surface area contributed by atoms with Crippen molar-refractivity contribution in [2.24, 2.45) is 4.99 Å². The number of benzene rings is 1. The summed E-state index contributed by atoms with van der Waals surface area (Å²) in [6.45, 7) is 3.22. The summed E-state index contributed by atoms with van der Waals surface area (Å²) >= 11 is 3.30. The number of thiazole rings is 1. The Morgan fingerprint density at radius 1 is 1.06 bits per heavy atom. The summed E-state index contributed by atoms with van der Waals surface area (Å²) < 4.78 is 40.6. The van der Waals surface area contributed by atoms with Crippen LogP contribution in [0.5, 0.6) is 0 Å². The first kappa shape index (κ1) is 22.0. The maximum absolute atomic E-state index is 12.9. The van der Waals surface area contributed by atoms with Crippen molar-refractivity contribution in [2.45, 2.75) is 30.4 Å². The number of hydrogen-bond acceptors (Lipinski definition) is 7. The highest BCUT2D eigenvalue weighted by molar-refractivity contribution is 7.89. The monoisotopic (exact) mass is 491 g/mol. The molecule has 1 aromatic carbocycles. The zero-order valence-corrected chi connectivity index (χ0v) is 20.0. The molecule has 2 fully saturated rings. The summed E-state index contributed by atoms with van der Waals surface area (Å²) in [7, 11) is -3.51. The van der Waals surface area contributed by atoms with Crippen LogP contribution in [-0.4, -0.2) is 56.3 Å². The third-order valence-corrected chi connectivity index (χ3v) is 9.32. The quantitative estimate of drug-likeness (QED) is 0.527. The van der Waals surface area contributed by atoms with E-state index in [4.69, 9.17) is 14.5 Å². The van der Waals surface area contributed by atoms with E-state index in [9.17, 15) is 8.42 Å². The van der Waals surface area contributed by atoms with Crippen LogP contribution in [0.25, 0.3) is 10.6 Å². The van der Waals surface area contributed by atoms with Crippen molar-refractivity contribution >= 4 is 38.4 Å². The normalized spacial score (nSPS) is 20.8. The van der Waals surface area contributed by atoms with Crippen LogP contribution >= 0.6 is 22.7 Å². The van der Waals surface area contributed by atoms with Gasteiger partial charge in [-0.25, -0.2) is 13.4 Å². The molecule has 0 saturated carbocycles. The van der Waals surface area contributed by atoms with Gasteiger partial charge in [0, 0.05) is 25.1 Å². The molecule has 1 atom stereocenters. The number of thiophene rings is 1. The first-order valence-electron chi connectivity index (χ1n) is 10.7. The van der Waals surface area contributed by atoms with Crippen molar-refractivity contribution in [1.29, 1.82) is 0 Å². The van der Waals surface area contributed by atoms with Crippen LogP contribution in [0.15, 0.2) is 57.0 Å². The van der Waals surface area contributed by atoms with Crippen LogP contribution in [-0.2, 0) is 26.0 Å². The van der Waals surface area contributed by atoms with Crippen LogP contribution in [0.3, 0.4) is 0 Å². The van der Waals surface area contributed by atoms with E-state index in [1.54, 1.807) is 46.9 Å². The maximum atomic E-state index is 12.9. The lowest BCUT2D eigenvalue weighted by Crippen LogP contribution is -2.40. The molecule has 0 radical (unpaired) electrons. The lowest BCUT2D eigenvalue weighted by atomic mass is 10.2. The minimum absolute atomic E-state index is 0.198. The molecule has 0 bridgehead atoms. The fourth-order valence-electron chi connectivity index (χ4n) is 3.95. The van der Waals surface area contributed by atoms with E-state index in [2.05, 4.69) is 27.5 Å². The van der Waals surface area contributed by atoms with Gasteiger partial charge in [0.25, 0.3) is 0 Å². The lowest BCUT2D eigenvalue weighted by Gasteiger charge is -2.26. The van der Waals surface area contributed by atoms with Crippen molar-refractivity contribution in [3.63, 3.8) is 0 Å². The second-order valence-corrected chi connectivity index (χ2v) is 11.5. The average molecular weight is 492 g/mol. The van der Waals surface area contributed by atoms with E-state index in [1.807, 2.05) is 0 Å². The Kier molecular flexibility index (Phi) is 6.59. The third kappa shape index (κ3) is 4.61. The molecule has 170 valence electrons. The smallest absolute Gasteiger partial charge is 0.243 e. The van der Waals surface area contributed by atoms with Gasteiger partial charge in [-0.15, -0.1) is 22.7 Å². The summed E-state index contributed by atoms with van der Waals surface area (Å²) in [6, 6.07) is 11.0. The van der Waals surface area contributed by atoms with Gasteiger partial charge in [0.15, 0.2) is 4.80 Å². The van der Waals surface area contributed by atoms with Crippen molar-refractivity contribution in [2.75, 3.05) is 32.9 Å². The number of ether oxygens (including phenoxy) is 2. The van der Waals surface area contributed by atoms with Gasteiger partial charge in [0.1, 0.15) is 0 Å². The largest absolute Gasteiger partial charge is 0.379 e. The fourth-order valence-corrected chi connectivity index (χ4v) is 7.11. The minimum Gasteiger partial charge on any atom is -0.379 e. The molecule has 10 heteroatoms. The first-order chi connectivity index (χ1) is 15.6. The van der Waals surface area contributed by atoms with Gasteiger partial charge in [-0.2, -0.15) is 4.31 Å². The Morgan fingerprint density at radius 3 is 2.56 bits per heavy atom. The predicted molar refractivity (Wildman–Crippen MR) is 126 cm³/mol. The summed E-state index contributed by atoms with van der Waals surface area (Å²) in [4.78, 5) is 7.22. The van der Waals surface area contributed by atoms with Crippen LogP contribution in [0.2, 0.25) is 0 Å². The SMILES string of the molecule is O=S(=O)(c1ccc(N=c2scc(-c3cccs3)n2CC2CCCO2)cc1)N1CCOCC1. The molecule has 7 nitrogen and oxygen atoms in total. The Labute approximate surface area is 195 Å². The number of sulfonamides is 1. The predicted octanol–water partition coefficient (Wildman–Crippen LogP) is 3.71. The Balaban J connectivity index is 1.45. The van der Waals surface area contributed by atoms with Gasteiger partial charge in [0.2, 0.25) is 10.0 Å². The molecular formula is C22H25N3O4S3. The van der Waals surface area contributed by atoms with Crippen molar-refractivity contribution in [3.8, 4) is 10.6 Å². The fraction of sp³-hybridized carbons (Fsp3) is 0.409. The number of morpholine rings is 1. The molecule has 0 N–H and O–H groups in total. The Morgan fingerprint density at radius 2 is 1.88 bits per heavy atom. The van der Waals surface area contributed by atoms with Crippen molar-refractivity contribution in [3.05, 3.63) is 52.0 Å². The van der Waals surface area contributed by atoms with E-state index >= 15 is 0 Å². The molecule has 1 unspecified atom stereocenters. The summed E-state index contributed by atoms with van der Waals surface area (Å²) in [5.41, 5.74) is 1.87. The Bertz CT molecular complexity index is 1200. The Hall–Kier alpha value is -1.82. The van der Waals surface area contributed by atoms with Gasteiger partial charge >= 0.3 is 0 Å². The highest BCUT2D eigenvalue weighted by Gasteiger charge is 2.26. The molecule has 3 aromatic rings. The second-order valence-electron chi connectivity index (χ2n) is 7.75. The summed E-state index contributed by atoms with van der Waals surface area (Å²) in [6.07, 6.45) is 2.35. The summed E-state index contributed by atoms with van der Waals surface area (Å²) in [5.74, 6) is 0. The van der Waals surface area contributed by atoms with E-state index in [1.165, 1.54) is 9.18 Å². The van der Waals surface area contributed by atoms with Crippen LogP contribution in [0.1, 0.15) is 12.8 Å². The molecule has 2 aliphatic heterocycles. The molecule has 0 aliphatic carbocycles. The molecule has 2 saturated heterocycles. The number of nitrogens with zero attached hydrogens (tertiary/aromatic N) is 3. The number of rotatable bonds is 6. The van der Waals surface area contributed by atoms with Crippen molar-refractivity contribution < 1.29 is 17.9 Å². The molecule has 0 spiro atoms. The van der Waals surface area contributed by atoms with E-state index in [-0.39, 0.29) is 11.0 Å². The molecule has 2 aromatic heterocycles. The zero-order chi connectivity index (χ0) is 22.0. The van der Waals surface area contributed by atoms with E-state index in [0.717, 1.165) is 42.2 Å². The van der Waals surface area contributed by atoms with Gasteiger partial charge in [-0.05, 0) is 48.6 Å². The second kappa shape index (κ2) is 9.58. The molecule has 32 heavy (non-hydrogen) atoms. The topological polar surface area (TPSA) is 73.1 Å². The molecule has 0 amide bonds. The molecular weight excluding hydrogens is 466 g/mol. The standard InChI is InChI=1S/C22H25N3O4S3/c26-32(27,24-9-12-28-13-10-24)19-7-5-17(6-8-19)23-22-25(15-18-3-1-11-29-18)20(16-31-22)21-4-2-14-30-21/h2,4-8,14,16,18H,1,3,9-13,15H2. The van der Waals surface area contributed by atoms with Gasteiger partial charge in [-0.1, -0.05) is 6.07 Å². The first-order valence-corrected chi connectivity index (χ1v) is 13.9. The van der Waals surface area contributed by atoms with Gasteiger partial charge in [0.05, 0.1) is 47.0 Å². The summed E-state index contributed by atoms with van der Waals surface area (Å²) in [5, 5.41) is 4.21. The van der Waals surface area contributed by atoms with E-state index in [0.29, 0.717) is 26.3 Å². The van der Waals surface area contributed by atoms with Crippen molar-refractivity contribution in [1.82, 2.24) is 8.87 Å². The number of aromatic nitrogens is 1. The van der Waals surface area contributed by atoms with Gasteiger partial charge < -0.3 is 14.0 Å².